The molecule has 0 fully saturated rings. The fourth-order valence-corrected chi connectivity index (χ4v) is 3.89. The molecule has 2 aromatic carbocycles. The number of nitrogens with one attached hydrogen (secondary N) is 1. The first-order chi connectivity index (χ1) is 14.2. The molecular weight excluding hydrogens is 490 g/mol. The van der Waals surface area contributed by atoms with Crippen LogP contribution in [0.25, 0.3) is 0 Å². The smallest absolute Gasteiger partial charge is 0.234 e. The Bertz CT molecular complexity index is 1090. The van der Waals surface area contributed by atoms with E-state index in [9.17, 15) is 4.79 Å². The number of carbonyl (C=O) groups excluding carboxylic acids is 1. The quantitative estimate of drug-likeness (QED) is 0.312. The maximum Gasteiger partial charge on any atom is 0.234 e. The number of ether oxygens (including phenoxy) is 1. The van der Waals surface area contributed by atoms with Gasteiger partial charge in [0.25, 0.3) is 0 Å². The van der Waals surface area contributed by atoms with Crippen LogP contribution in [0, 0.1) is 6.92 Å². The SMILES string of the molecule is Cc1ccc(Cl)c(OCc2nnc(SCC(=O)Nc3cc(Cl)c(Cl)cc3Cl)n2C)c1. The van der Waals surface area contributed by atoms with Gasteiger partial charge >= 0.3 is 0 Å². The van der Waals surface area contributed by atoms with E-state index in [1.54, 1.807) is 17.7 Å². The van der Waals surface area contributed by atoms with Crippen LogP contribution in [0.1, 0.15) is 11.4 Å². The minimum atomic E-state index is -0.271. The lowest BCUT2D eigenvalue weighted by molar-refractivity contribution is -0.113. The third-order valence-electron chi connectivity index (χ3n) is 3.98. The number of rotatable bonds is 7. The maximum atomic E-state index is 12.3. The number of aromatic nitrogens is 3. The average molecular weight is 506 g/mol. The van der Waals surface area contributed by atoms with E-state index in [1.807, 2.05) is 19.1 Å². The summed E-state index contributed by atoms with van der Waals surface area (Å²) in [7, 11) is 1.80. The first-order valence-corrected chi connectivity index (χ1v) is 11.1. The molecule has 0 unspecified atom stereocenters. The summed E-state index contributed by atoms with van der Waals surface area (Å²) in [6, 6.07) is 8.52. The highest BCUT2D eigenvalue weighted by Gasteiger charge is 2.14. The molecule has 3 aromatic rings. The molecular formula is C19H16Cl4N4O2S. The highest BCUT2D eigenvalue weighted by molar-refractivity contribution is 7.99. The number of thioether (sulfide) groups is 1. The largest absolute Gasteiger partial charge is 0.484 e. The molecule has 1 amide bonds. The maximum absolute atomic E-state index is 12.3. The number of carbonyl (C=O) groups is 1. The zero-order valence-corrected chi connectivity index (χ0v) is 19.7. The zero-order chi connectivity index (χ0) is 21.8. The second-order valence-corrected chi connectivity index (χ2v) is 8.83. The van der Waals surface area contributed by atoms with Gasteiger partial charge in [-0.1, -0.05) is 64.2 Å². The highest BCUT2D eigenvalue weighted by atomic mass is 35.5. The van der Waals surface area contributed by atoms with E-state index in [-0.39, 0.29) is 18.3 Å². The van der Waals surface area contributed by atoms with Gasteiger partial charge in [0.2, 0.25) is 5.91 Å². The number of nitrogens with zero attached hydrogens (tertiary/aromatic N) is 3. The Morgan fingerprint density at radius 1 is 1.07 bits per heavy atom. The normalized spacial score (nSPS) is 10.9. The van der Waals surface area contributed by atoms with Crippen molar-refractivity contribution in [1.82, 2.24) is 14.8 Å². The van der Waals surface area contributed by atoms with Crippen molar-refractivity contribution in [3.8, 4) is 5.75 Å². The predicted octanol–water partition coefficient (Wildman–Crippen LogP) is 6.05. The van der Waals surface area contributed by atoms with E-state index in [4.69, 9.17) is 51.1 Å². The van der Waals surface area contributed by atoms with Crippen LogP contribution in [0.2, 0.25) is 20.1 Å². The van der Waals surface area contributed by atoms with Crippen molar-refractivity contribution in [2.75, 3.05) is 11.1 Å². The van der Waals surface area contributed by atoms with Crippen molar-refractivity contribution in [2.45, 2.75) is 18.7 Å². The van der Waals surface area contributed by atoms with Crippen LogP contribution in [-0.4, -0.2) is 26.4 Å². The molecule has 0 radical (unpaired) electrons. The third-order valence-corrected chi connectivity index (χ3v) is 6.35. The zero-order valence-electron chi connectivity index (χ0n) is 15.9. The van der Waals surface area contributed by atoms with Crippen LogP contribution in [0.3, 0.4) is 0 Å². The fraction of sp³-hybridized carbons (Fsp3) is 0.211. The van der Waals surface area contributed by atoms with Gasteiger partial charge in [-0.15, -0.1) is 10.2 Å². The molecule has 0 saturated heterocycles. The second kappa shape index (κ2) is 10.1. The molecule has 11 heteroatoms. The molecule has 0 aliphatic carbocycles. The van der Waals surface area contributed by atoms with Gasteiger partial charge in [0.1, 0.15) is 12.4 Å². The van der Waals surface area contributed by atoms with Crippen LogP contribution >= 0.6 is 58.2 Å². The van der Waals surface area contributed by atoms with Gasteiger partial charge in [0.05, 0.1) is 31.5 Å². The summed E-state index contributed by atoms with van der Waals surface area (Å²) in [4.78, 5) is 12.3. The molecule has 0 spiro atoms. The van der Waals surface area contributed by atoms with Crippen LogP contribution in [0.15, 0.2) is 35.5 Å². The van der Waals surface area contributed by atoms with Gasteiger partial charge in [0.15, 0.2) is 11.0 Å². The van der Waals surface area contributed by atoms with Gasteiger partial charge in [-0.3, -0.25) is 4.79 Å². The first kappa shape index (κ1) is 23.0. The monoisotopic (exact) mass is 504 g/mol. The van der Waals surface area contributed by atoms with Crippen LogP contribution in [0.5, 0.6) is 5.75 Å². The molecule has 0 bridgehead atoms. The number of halogens is 4. The summed E-state index contributed by atoms with van der Waals surface area (Å²) in [5.41, 5.74) is 1.43. The van der Waals surface area contributed by atoms with Crippen LogP contribution < -0.4 is 10.1 Å². The van der Waals surface area contributed by atoms with Crippen molar-refractivity contribution in [1.29, 1.82) is 0 Å². The molecule has 0 aliphatic rings. The number of hydrogen-bond acceptors (Lipinski definition) is 5. The van der Waals surface area contributed by atoms with Crippen molar-refractivity contribution >= 4 is 69.8 Å². The minimum absolute atomic E-state index is 0.104. The van der Waals surface area contributed by atoms with Crippen molar-refractivity contribution in [3.63, 3.8) is 0 Å². The summed E-state index contributed by atoms with van der Waals surface area (Å²) in [6.45, 7) is 2.15. The van der Waals surface area contributed by atoms with E-state index < -0.39 is 0 Å². The summed E-state index contributed by atoms with van der Waals surface area (Å²) in [5, 5.41) is 12.9. The van der Waals surface area contributed by atoms with Crippen LogP contribution in [-0.2, 0) is 18.4 Å². The molecule has 1 N–H and O–H groups in total. The Balaban J connectivity index is 1.58. The number of hydrogen-bond donors (Lipinski definition) is 1. The molecule has 0 aliphatic heterocycles. The Kier molecular flexibility index (Phi) is 7.76. The molecule has 1 aromatic heterocycles. The Morgan fingerprint density at radius 2 is 1.80 bits per heavy atom. The van der Waals surface area contributed by atoms with Gasteiger partial charge in [0, 0.05) is 7.05 Å². The summed E-state index contributed by atoms with van der Waals surface area (Å²) in [5.74, 6) is 1.01. The predicted molar refractivity (Wildman–Crippen MR) is 122 cm³/mol. The Labute approximate surface area is 197 Å². The van der Waals surface area contributed by atoms with Gasteiger partial charge in [-0.05, 0) is 36.8 Å². The minimum Gasteiger partial charge on any atom is -0.484 e. The van der Waals surface area contributed by atoms with Crippen molar-refractivity contribution in [2.24, 2.45) is 7.05 Å². The van der Waals surface area contributed by atoms with E-state index in [1.165, 1.54) is 23.9 Å². The van der Waals surface area contributed by atoms with E-state index in [2.05, 4.69) is 15.5 Å². The molecule has 3 rings (SSSR count). The number of amides is 1. The van der Waals surface area contributed by atoms with Crippen molar-refractivity contribution in [3.05, 3.63) is 61.8 Å². The Morgan fingerprint density at radius 3 is 2.57 bits per heavy atom. The van der Waals surface area contributed by atoms with Crippen LogP contribution in [0.4, 0.5) is 5.69 Å². The summed E-state index contributed by atoms with van der Waals surface area (Å²) in [6.07, 6.45) is 0. The Hall–Kier alpha value is -1.64. The molecule has 0 atom stereocenters. The second-order valence-electron chi connectivity index (χ2n) is 6.26. The third kappa shape index (κ3) is 5.74. The lowest BCUT2D eigenvalue weighted by atomic mass is 10.2. The molecule has 1 heterocycles. The lowest BCUT2D eigenvalue weighted by Crippen LogP contribution is -2.15. The molecule has 6 nitrogen and oxygen atoms in total. The fourth-order valence-electron chi connectivity index (χ4n) is 2.39. The summed E-state index contributed by atoms with van der Waals surface area (Å²) < 4.78 is 7.51. The van der Waals surface area contributed by atoms with Gasteiger partial charge in [-0.2, -0.15) is 0 Å². The number of benzene rings is 2. The summed E-state index contributed by atoms with van der Waals surface area (Å²) >= 11 is 25.3. The lowest BCUT2D eigenvalue weighted by Gasteiger charge is -2.09. The number of aryl methyl sites for hydroxylation is 1. The number of anilines is 1. The standard InChI is InChI=1S/C19H16Cl4N4O2S/c1-10-3-4-11(20)16(5-10)29-8-17-25-26-19(27(17)2)30-9-18(28)24-15-7-13(22)12(21)6-14(15)23/h3-7H,8-9H2,1-2H3,(H,24,28). The van der Waals surface area contributed by atoms with Gasteiger partial charge < -0.3 is 14.6 Å². The van der Waals surface area contributed by atoms with E-state index in [0.29, 0.717) is 42.5 Å². The van der Waals surface area contributed by atoms with E-state index >= 15 is 0 Å². The molecule has 0 saturated carbocycles. The highest BCUT2D eigenvalue weighted by Crippen LogP contribution is 2.32. The average Bonchev–Trinajstić information content (AvgIpc) is 3.05. The first-order valence-electron chi connectivity index (χ1n) is 8.59. The molecule has 158 valence electrons. The van der Waals surface area contributed by atoms with Crippen molar-refractivity contribution < 1.29 is 9.53 Å². The van der Waals surface area contributed by atoms with E-state index in [0.717, 1.165) is 5.56 Å². The molecule has 30 heavy (non-hydrogen) atoms. The van der Waals surface area contributed by atoms with Gasteiger partial charge in [-0.25, -0.2) is 0 Å². The topological polar surface area (TPSA) is 69.0 Å².